The van der Waals surface area contributed by atoms with Gasteiger partial charge in [0.15, 0.2) is 0 Å². The molecule has 1 aromatic heterocycles. The number of carboxylic acids is 1. The summed E-state index contributed by atoms with van der Waals surface area (Å²) in [4.78, 5) is 15.2. The Hall–Kier alpha value is -1.07. The highest BCUT2D eigenvalue weighted by Crippen LogP contribution is 2.28. The minimum absolute atomic E-state index is 0.579. The van der Waals surface area contributed by atoms with E-state index in [2.05, 4.69) is 10.3 Å². The highest BCUT2D eigenvalue weighted by atomic mass is 32.2. The first-order valence-electron chi connectivity index (χ1n) is 5.18. The van der Waals surface area contributed by atoms with Crippen molar-refractivity contribution in [2.45, 2.75) is 18.5 Å². The van der Waals surface area contributed by atoms with E-state index in [4.69, 9.17) is 0 Å². The Kier molecular flexibility index (Phi) is 3.46. The lowest BCUT2D eigenvalue weighted by molar-refractivity contribution is -0.143. The molecule has 86 valence electrons. The highest BCUT2D eigenvalue weighted by Gasteiger charge is 2.41. The van der Waals surface area contributed by atoms with Crippen molar-refractivity contribution < 1.29 is 9.90 Å². The van der Waals surface area contributed by atoms with Crippen LogP contribution in [-0.2, 0) is 11.3 Å². The molecule has 0 amide bonds. The maximum atomic E-state index is 11.3. The number of hydrogen-bond donors (Lipinski definition) is 2. The third-order valence-electron chi connectivity index (χ3n) is 2.81. The molecular weight excluding hydrogens is 224 g/mol. The second-order valence-corrected chi connectivity index (χ2v) is 5.00. The van der Waals surface area contributed by atoms with Gasteiger partial charge in [-0.25, -0.2) is 0 Å². The van der Waals surface area contributed by atoms with E-state index < -0.39 is 11.5 Å². The lowest BCUT2D eigenvalue weighted by Gasteiger charge is -2.24. The first kappa shape index (κ1) is 11.4. The van der Waals surface area contributed by atoms with E-state index in [0.29, 0.717) is 18.7 Å². The number of nitrogens with one attached hydrogen (secondary N) is 1. The lowest BCUT2D eigenvalue weighted by atomic mass is 9.99. The van der Waals surface area contributed by atoms with Crippen LogP contribution in [0.3, 0.4) is 0 Å². The number of carboxylic acid groups (broad SMARTS) is 1. The van der Waals surface area contributed by atoms with Crippen molar-refractivity contribution in [2.75, 3.05) is 11.5 Å². The van der Waals surface area contributed by atoms with Gasteiger partial charge in [0.25, 0.3) is 0 Å². The van der Waals surface area contributed by atoms with Crippen LogP contribution in [0.2, 0.25) is 0 Å². The van der Waals surface area contributed by atoms with Gasteiger partial charge >= 0.3 is 5.97 Å². The van der Waals surface area contributed by atoms with Gasteiger partial charge < -0.3 is 5.11 Å². The summed E-state index contributed by atoms with van der Waals surface area (Å²) in [5.74, 6) is 0.815. The fraction of sp³-hybridized carbons (Fsp3) is 0.455. The first-order valence-corrected chi connectivity index (χ1v) is 6.33. The van der Waals surface area contributed by atoms with Crippen LogP contribution in [0.4, 0.5) is 0 Å². The number of aliphatic carboxylic acids is 1. The molecule has 0 radical (unpaired) electrons. The molecule has 1 aliphatic rings. The van der Waals surface area contributed by atoms with Gasteiger partial charge in [-0.15, -0.1) is 0 Å². The molecule has 5 heteroatoms. The number of rotatable bonds is 4. The predicted octanol–water partition coefficient (Wildman–Crippen LogP) is 1.13. The van der Waals surface area contributed by atoms with E-state index in [9.17, 15) is 9.90 Å². The molecule has 0 aromatic carbocycles. The number of nitrogens with zero attached hydrogens (tertiary/aromatic N) is 1. The van der Waals surface area contributed by atoms with E-state index in [-0.39, 0.29) is 0 Å². The van der Waals surface area contributed by atoms with Gasteiger partial charge in [-0.3, -0.25) is 15.1 Å². The average Bonchev–Trinajstić information content (AvgIpc) is 2.78. The van der Waals surface area contributed by atoms with Crippen molar-refractivity contribution in [1.82, 2.24) is 10.3 Å². The summed E-state index contributed by atoms with van der Waals surface area (Å²) in [6.45, 7) is 0.579. The summed E-state index contributed by atoms with van der Waals surface area (Å²) in [7, 11) is 0. The van der Waals surface area contributed by atoms with Crippen LogP contribution in [0.25, 0.3) is 0 Å². The normalized spacial score (nSPS) is 24.5. The molecule has 4 nitrogen and oxygen atoms in total. The summed E-state index contributed by atoms with van der Waals surface area (Å²) in [5.41, 5.74) is 0.320. The van der Waals surface area contributed by atoms with Crippen LogP contribution >= 0.6 is 11.8 Å². The molecule has 2 heterocycles. The van der Waals surface area contributed by atoms with E-state index in [1.807, 2.05) is 12.1 Å². The quantitative estimate of drug-likeness (QED) is 0.823. The molecule has 0 aliphatic carbocycles. The summed E-state index contributed by atoms with van der Waals surface area (Å²) >= 11 is 1.69. The second kappa shape index (κ2) is 4.84. The van der Waals surface area contributed by atoms with Crippen molar-refractivity contribution in [3.05, 3.63) is 30.1 Å². The number of aromatic nitrogens is 1. The summed E-state index contributed by atoms with van der Waals surface area (Å²) in [6, 6.07) is 3.79. The van der Waals surface area contributed by atoms with Gasteiger partial charge in [0, 0.05) is 24.7 Å². The molecule has 2 rings (SSSR count). The van der Waals surface area contributed by atoms with E-state index in [1.54, 1.807) is 24.2 Å². The number of carbonyl (C=O) groups is 1. The SMILES string of the molecule is O=C(O)C1(NCc2ccncc2)CCSC1. The van der Waals surface area contributed by atoms with Crippen molar-refractivity contribution >= 4 is 17.7 Å². The summed E-state index contributed by atoms with van der Waals surface area (Å²) in [6.07, 6.45) is 4.12. The lowest BCUT2D eigenvalue weighted by Crippen LogP contribution is -2.51. The van der Waals surface area contributed by atoms with Crippen LogP contribution < -0.4 is 5.32 Å². The Bertz CT molecular complexity index is 364. The molecule has 1 fully saturated rings. The van der Waals surface area contributed by atoms with Crippen LogP contribution in [0.15, 0.2) is 24.5 Å². The Morgan fingerprint density at radius 2 is 2.31 bits per heavy atom. The molecule has 1 atom stereocenters. The maximum absolute atomic E-state index is 11.3. The zero-order valence-corrected chi connectivity index (χ0v) is 9.67. The third-order valence-corrected chi connectivity index (χ3v) is 4.00. The van der Waals surface area contributed by atoms with Gasteiger partial charge in [-0.05, 0) is 29.9 Å². The third kappa shape index (κ3) is 2.36. The Morgan fingerprint density at radius 1 is 1.56 bits per heavy atom. The van der Waals surface area contributed by atoms with Gasteiger partial charge in [0.05, 0.1) is 0 Å². The Labute approximate surface area is 98.5 Å². The average molecular weight is 238 g/mol. The minimum Gasteiger partial charge on any atom is -0.480 e. The van der Waals surface area contributed by atoms with Gasteiger partial charge in [0.2, 0.25) is 0 Å². The number of pyridine rings is 1. The minimum atomic E-state index is -0.744. The first-order chi connectivity index (χ1) is 7.73. The summed E-state index contributed by atoms with van der Waals surface area (Å²) < 4.78 is 0. The summed E-state index contributed by atoms with van der Waals surface area (Å²) in [5, 5.41) is 12.4. The van der Waals surface area contributed by atoms with Gasteiger partial charge in [0.1, 0.15) is 5.54 Å². The largest absolute Gasteiger partial charge is 0.480 e. The molecule has 1 saturated heterocycles. The molecule has 1 aromatic rings. The molecule has 16 heavy (non-hydrogen) atoms. The van der Waals surface area contributed by atoms with Crippen LogP contribution in [-0.4, -0.2) is 33.1 Å². The van der Waals surface area contributed by atoms with Crippen LogP contribution in [0.5, 0.6) is 0 Å². The van der Waals surface area contributed by atoms with Crippen molar-refractivity contribution in [3.63, 3.8) is 0 Å². The number of thioether (sulfide) groups is 1. The van der Waals surface area contributed by atoms with Crippen LogP contribution in [0.1, 0.15) is 12.0 Å². The molecule has 1 unspecified atom stereocenters. The van der Waals surface area contributed by atoms with E-state index in [0.717, 1.165) is 11.3 Å². The maximum Gasteiger partial charge on any atom is 0.324 e. The standard InChI is InChI=1S/C11H14N2O2S/c14-10(15)11(3-6-16-8-11)13-7-9-1-4-12-5-2-9/h1-2,4-5,13H,3,6-8H2,(H,14,15). The molecule has 0 saturated carbocycles. The van der Waals surface area contributed by atoms with Gasteiger partial charge in [-0.2, -0.15) is 11.8 Å². The molecular formula is C11H14N2O2S. The van der Waals surface area contributed by atoms with Crippen molar-refractivity contribution in [3.8, 4) is 0 Å². The van der Waals surface area contributed by atoms with E-state index in [1.165, 1.54) is 0 Å². The zero-order valence-electron chi connectivity index (χ0n) is 8.85. The van der Waals surface area contributed by atoms with Crippen molar-refractivity contribution in [2.24, 2.45) is 0 Å². The zero-order chi connectivity index (χ0) is 11.4. The monoisotopic (exact) mass is 238 g/mol. The Balaban J connectivity index is 2.00. The Morgan fingerprint density at radius 3 is 2.88 bits per heavy atom. The second-order valence-electron chi connectivity index (χ2n) is 3.90. The van der Waals surface area contributed by atoms with Crippen molar-refractivity contribution in [1.29, 1.82) is 0 Å². The van der Waals surface area contributed by atoms with Crippen LogP contribution in [0, 0.1) is 0 Å². The molecule has 0 bridgehead atoms. The fourth-order valence-electron chi connectivity index (χ4n) is 1.72. The smallest absolute Gasteiger partial charge is 0.324 e. The molecule has 2 N–H and O–H groups in total. The number of hydrogen-bond acceptors (Lipinski definition) is 4. The molecule has 1 aliphatic heterocycles. The fourth-order valence-corrected chi connectivity index (χ4v) is 3.08. The predicted molar refractivity (Wildman–Crippen MR) is 63.4 cm³/mol. The topological polar surface area (TPSA) is 62.2 Å². The van der Waals surface area contributed by atoms with E-state index >= 15 is 0 Å². The van der Waals surface area contributed by atoms with Gasteiger partial charge in [-0.1, -0.05) is 0 Å². The highest BCUT2D eigenvalue weighted by molar-refractivity contribution is 7.99. The molecule has 0 spiro atoms.